The Balaban J connectivity index is 1.39. The van der Waals surface area contributed by atoms with Gasteiger partial charge in [-0.25, -0.2) is 9.97 Å². The van der Waals surface area contributed by atoms with Crippen molar-refractivity contribution in [2.24, 2.45) is 0 Å². The fourth-order valence-corrected chi connectivity index (χ4v) is 4.21. The first-order chi connectivity index (χ1) is 13.6. The van der Waals surface area contributed by atoms with Gasteiger partial charge in [0, 0.05) is 12.1 Å². The SMILES string of the molecule is CCOc1ccc2nc(SCC(=O)Nc3nc4cc(OC)ccc4s3)[nH]c2c1. The van der Waals surface area contributed by atoms with Crippen molar-refractivity contribution in [1.82, 2.24) is 15.0 Å². The van der Waals surface area contributed by atoms with Crippen molar-refractivity contribution in [2.45, 2.75) is 12.1 Å². The van der Waals surface area contributed by atoms with Crippen LogP contribution < -0.4 is 14.8 Å². The zero-order chi connectivity index (χ0) is 19.5. The number of H-pyrrole nitrogens is 1. The van der Waals surface area contributed by atoms with Crippen LogP contribution >= 0.6 is 23.1 Å². The van der Waals surface area contributed by atoms with Gasteiger partial charge in [0.15, 0.2) is 10.3 Å². The van der Waals surface area contributed by atoms with Crippen molar-refractivity contribution in [2.75, 3.05) is 24.8 Å². The highest BCUT2D eigenvalue weighted by molar-refractivity contribution is 7.99. The molecule has 0 atom stereocenters. The molecule has 0 saturated heterocycles. The molecule has 0 aliphatic rings. The van der Waals surface area contributed by atoms with Crippen LogP contribution in [0.1, 0.15) is 6.92 Å². The van der Waals surface area contributed by atoms with E-state index in [-0.39, 0.29) is 11.7 Å². The molecule has 0 aliphatic heterocycles. The van der Waals surface area contributed by atoms with Crippen molar-refractivity contribution in [3.63, 3.8) is 0 Å². The molecular formula is C19H18N4O3S2. The maximum Gasteiger partial charge on any atom is 0.236 e. The fourth-order valence-electron chi connectivity index (χ4n) is 2.67. The van der Waals surface area contributed by atoms with Crippen molar-refractivity contribution in [1.29, 1.82) is 0 Å². The lowest BCUT2D eigenvalue weighted by Gasteiger charge is -2.00. The Hall–Kier alpha value is -2.78. The largest absolute Gasteiger partial charge is 0.497 e. The first kappa shape index (κ1) is 18.6. The van der Waals surface area contributed by atoms with E-state index >= 15 is 0 Å². The molecule has 4 rings (SSSR count). The predicted molar refractivity (Wildman–Crippen MR) is 113 cm³/mol. The van der Waals surface area contributed by atoms with Crippen molar-refractivity contribution < 1.29 is 14.3 Å². The van der Waals surface area contributed by atoms with E-state index in [0.717, 1.165) is 32.7 Å². The number of amides is 1. The monoisotopic (exact) mass is 414 g/mol. The van der Waals surface area contributed by atoms with E-state index in [0.29, 0.717) is 16.9 Å². The van der Waals surface area contributed by atoms with E-state index in [1.54, 1.807) is 7.11 Å². The molecule has 2 N–H and O–H groups in total. The zero-order valence-electron chi connectivity index (χ0n) is 15.3. The second kappa shape index (κ2) is 8.07. The Labute approximate surface area is 169 Å². The molecule has 0 radical (unpaired) electrons. The summed E-state index contributed by atoms with van der Waals surface area (Å²) in [7, 11) is 1.61. The summed E-state index contributed by atoms with van der Waals surface area (Å²) in [5.74, 6) is 1.63. The molecule has 2 heterocycles. The number of anilines is 1. The number of fused-ring (bicyclic) bond motifs is 2. The van der Waals surface area contributed by atoms with Crippen LogP contribution in [0.25, 0.3) is 21.3 Å². The summed E-state index contributed by atoms with van der Waals surface area (Å²) in [5.41, 5.74) is 2.52. The van der Waals surface area contributed by atoms with Gasteiger partial charge in [-0.15, -0.1) is 0 Å². The molecule has 4 aromatic rings. The molecule has 2 aromatic carbocycles. The average molecular weight is 415 g/mol. The number of carbonyl (C=O) groups excluding carboxylic acids is 1. The summed E-state index contributed by atoms with van der Waals surface area (Å²) in [5, 5.41) is 4.10. The molecule has 7 nitrogen and oxygen atoms in total. The van der Waals surface area contributed by atoms with E-state index in [1.165, 1.54) is 23.1 Å². The minimum Gasteiger partial charge on any atom is -0.497 e. The minimum atomic E-state index is -0.133. The number of aromatic nitrogens is 3. The number of imidazole rings is 1. The fraction of sp³-hybridized carbons (Fsp3) is 0.211. The van der Waals surface area contributed by atoms with Crippen LogP contribution in [0.4, 0.5) is 5.13 Å². The normalized spacial score (nSPS) is 11.1. The first-order valence-corrected chi connectivity index (χ1v) is 10.4. The van der Waals surface area contributed by atoms with Crippen LogP contribution in [0.5, 0.6) is 11.5 Å². The third kappa shape index (κ3) is 4.05. The number of ether oxygens (including phenoxy) is 2. The summed E-state index contributed by atoms with van der Waals surface area (Å²) >= 11 is 2.77. The van der Waals surface area contributed by atoms with E-state index in [2.05, 4.69) is 20.3 Å². The topological polar surface area (TPSA) is 89.1 Å². The third-order valence-corrected chi connectivity index (χ3v) is 5.75. The van der Waals surface area contributed by atoms with Gasteiger partial charge in [0.1, 0.15) is 11.5 Å². The van der Waals surface area contributed by atoms with Crippen molar-refractivity contribution in [3.05, 3.63) is 36.4 Å². The Bertz CT molecular complexity index is 1140. The lowest BCUT2D eigenvalue weighted by molar-refractivity contribution is -0.113. The molecule has 0 fully saturated rings. The Morgan fingerprint density at radius 1 is 1.18 bits per heavy atom. The van der Waals surface area contributed by atoms with E-state index in [4.69, 9.17) is 9.47 Å². The second-order valence-corrected chi connectivity index (χ2v) is 7.84. The number of nitrogens with zero attached hydrogens (tertiary/aromatic N) is 2. The van der Waals surface area contributed by atoms with Crippen molar-refractivity contribution in [3.8, 4) is 11.5 Å². The van der Waals surface area contributed by atoms with Crippen LogP contribution in [0.15, 0.2) is 41.6 Å². The van der Waals surface area contributed by atoms with Gasteiger partial charge >= 0.3 is 0 Å². The number of hydrogen-bond acceptors (Lipinski definition) is 7. The standard InChI is InChI=1S/C19H18N4O3S2/c1-3-26-12-4-6-13-14(9-12)21-18(20-13)27-10-17(24)23-19-22-15-8-11(25-2)5-7-16(15)28-19/h4-9H,3,10H2,1-2H3,(H,20,21)(H,22,23,24). The van der Waals surface area contributed by atoms with Gasteiger partial charge < -0.3 is 19.8 Å². The van der Waals surface area contributed by atoms with Gasteiger partial charge in [-0.2, -0.15) is 0 Å². The van der Waals surface area contributed by atoms with Gasteiger partial charge in [0.05, 0.1) is 40.7 Å². The molecule has 9 heteroatoms. The lowest BCUT2D eigenvalue weighted by Crippen LogP contribution is -2.13. The average Bonchev–Trinajstić information content (AvgIpc) is 3.28. The van der Waals surface area contributed by atoms with Crippen LogP contribution in [-0.2, 0) is 4.79 Å². The summed E-state index contributed by atoms with van der Waals surface area (Å²) in [6.07, 6.45) is 0. The van der Waals surface area contributed by atoms with Crippen LogP contribution in [0, 0.1) is 0 Å². The maximum atomic E-state index is 12.3. The Morgan fingerprint density at radius 3 is 2.86 bits per heavy atom. The molecule has 0 unspecified atom stereocenters. The highest BCUT2D eigenvalue weighted by atomic mass is 32.2. The summed E-state index contributed by atoms with van der Waals surface area (Å²) in [6.45, 7) is 2.55. The van der Waals surface area contributed by atoms with Gasteiger partial charge in [-0.1, -0.05) is 23.1 Å². The summed E-state index contributed by atoms with van der Waals surface area (Å²) in [6, 6.07) is 11.3. The molecule has 0 saturated carbocycles. The molecular weight excluding hydrogens is 396 g/mol. The number of thiazole rings is 1. The highest BCUT2D eigenvalue weighted by Crippen LogP contribution is 2.29. The summed E-state index contributed by atoms with van der Waals surface area (Å²) in [4.78, 5) is 24.4. The van der Waals surface area contributed by atoms with Gasteiger partial charge in [-0.05, 0) is 31.2 Å². The van der Waals surface area contributed by atoms with Crippen molar-refractivity contribution >= 4 is 55.4 Å². The van der Waals surface area contributed by atoms with E-state index < -0.39 is 0 Å². The Morgan fingerprint density at radius 2 is 2.04 bits per heavy atom. The molecule has 144 valence electrons. The molecule has 0 aliphatic carbocycles. The van der Waals surface area contributed by atoms with E-state index in [1.807, 2.05) is 43.3 Å². The maximum absolute atomic E-state index is 12.3. The van der Waals surface area contributed by atoms with Crippen LogP contribution in [0.3, 0.4) is 0 Å². The molecule has 2 aromatic heterocycles. The number of thioether (sulfide) groups is 1. The zero-order valence-corrected chi connectivity index (χ0v) is 16.9. The molecule has 1 amide bonds. The number of carbonyl (C=O) groups is 1. The number of aromatic amines is 1. The summed E-state index contributed by atoms with van der Waals surface area (Å²) < 4.78 is 11.7. The predicted octanol–water partition coefficient (Wildman–Crippen LogP) is 4.31. The Kier molecular flexibility index (Phi) is 5.36. The van der Waals surface area contributed by atoms with Crippen LogP contribution in [-0.4, -0.2) is 40.3 Å². The quantitative estimate of drug-likeness (QED) is 0.438. The van der Waals surface area contributed by atoms with Gasteiger partial charge in [-0.3, -0.25) is 4.79 Å². The van der Waals surface area contributed by atoms with Gasteiger partial charge in [0.2, 0.25) is 5.91 Å². The number of rotatable bonds is 7. The second-order valence-electron chi connectivity index (χ2n) is 5.84. The highest BCUT2D eigenvalue weighted by Gasteiger charge is 2.11. The number of methoxy groups -OCH3 is 1. The minimum absolute atomic E-state index is 0.133. The third-order valence-electron chi connectivity index (χ3n) is 3.92. The first-order valence-electron chi connectivity index (χ1n) is 8.64. The van der Waals surface area contributed by atoms with Gasteiger partial charge in [0.25, 0.3) is 0 Å². The molecule has 0 bridgehead atoms. The number of nitrogens with one attached hydrogen (secondary N) is 2. The smallest absolute Gasteiger partial charge is 0.236 e. The number of hydrogen-bond donors (Lipinski definition) is 2. The number of benzene rings is 2. The molecule has 0 spiro atoms. The lowest BCUT2D eigenvalue weighted by atomic mass is 10.3. The molecule has 28 heavy (non-hydrogen) atoms. The van der Waals surface area contributed by atoms with E-state index in [9.17, 15) is 4.79 Å². The van der Waals surface area contributed by atoms with Crippen LogP contribution in [0.2, 0.25) is 0 Å².